The van der Waals surface area contributed by atoms with E-state index in [4.69, 9.17) is 5.73 Å². The van der Waals surface area contributed by atoms with E-state index in [1.807, 2.05) is 13.8 Å². The highest BCUT2D eigenvalue weighted by Gasteiger charge is 2.52. The van der Waals surface area contributed by atoms with Crippen molar-refractivity contribution in [1.29, 1.82) is 0 Å². The minimum absolute atomic E-state index is 0.0658. The second-order valence-corrected chi connectivity index (χ2v) is 4.13. The van der Waals surface area contributed by atoms with Crippen molar-refractivity contribution in [2.24, 2.45) is 23.0 Å². The van der Waals surface area contributed by atoms with Crippen molar-refractivity contribution in [3.63, 3.8) is 0 Å². The maximum absolute atomic E-state index is 11.2. The first-order valence-electron chi connectivity index (χ1n) is 4.17. The van der Waals surface area contributed by atoms with Crippen LogP contribution in [0.2, 0.25) is 0 Å². The Bertz CT molecular complexity index is 233. The van der Waals surface area contributed by atoms with Crippen LogP contribution in [0.5, 0.6) is 0 Å². The molecule has 1 rings (SSSR count). The van der Waals surface area contributed by atoms with E-state index in [0.29, 0.717) is 0 Å². The fraction of sp³-hybridized carbons (Fsp3) is 0.778. The molecular weight excluding hydrogens is 154 g/mol. The molecule has 3 heteroatoms. The molecule has 0 bridgehead atoms. The Morgan fingerprint density at radius 3 is 2.17 bits per heavy atom. The van der Waals surface area contributed by atoms with Gasteiger partial charge in [-0.15, -0.1) is 0 Å². The van der Waals surface area contributed by atoms with Crippen LogP contribution in [-0.4, -0.2) is 11.7 Å². The third-order valence-electron chi connectivity index (χ3n) is 2.99. The normalized spacial score (nSPS) is 28.2. The number of hydrogen-bond donors (Lipinski definition) is 1. The molecule has 0 saturated heterocycles. The summed E-state index contributed by atoms with van der Waals surface area (Å²) in [7, 11) is 0. The lowest BCUT2D eigenvalue weighted by molar-refractivity contribution is -0.126. The van der Waals surface area contributed by atoms with Gasteiger partial charge in [0, 0.05) is 11.3 Å². The van der Waals surface area contributed by atoms with E-state index in [2.05, 4.69) is 0 Å². The molecule has 68 valence electrons. The second kappa shape index (κ2) is 2.57. The van der Waals surface area contributed by atoms with Crippen LogP contribution < -0.4 is 5.73 Å². The first-order chi connectivity index (χ1) is 5.37. The van der Waals surface area contributed by atoms with Crippen molar-refractivity contribution in [2.75, 3.05) is 0 Å². The van der Waals surface area contributed by atoms with E-state index in [0.717, 1.165) is 6.42 Å². The molecule has 2 atom stereocenters. The summed E-state index contributed by atoms with van der Waals surface area (Å²) in [6.45, 7) is 5.32. The Hall–Kier alpha value is -0.860. The van der Waals surface area contributed by atoms with Crippen molar-refractivity contribution in [3.8, 4) is 0 Å². The Morgan fingerprint density at radius 1 is 1.42 bits per heavy atom. The van der Waals surface area contributed by atoms with Crippen LogP contribution in [0.1, 0.15) is 27.2 Å². The van der Waals surface area contributed by atoms with Crippen molar-refractivity contribution in [2.45, 2.75) is 27.2 Å². The molecule has 0 aliphatic heterocycles. The van der Waals surface area contributed by atoms with Gasteiger partial charge in [-0.3, -0.25) is 9.59 Å². The maximum atomic E-state index is 11.2. The average Bonchev–Trinajstić information content (AvgIpc) is 2.63. The second-order valence-electron chi connectivity index (χ2n) is 4.13. The first-order valence-corrected chi connectivity index (χ1v) is 4.17. The van der Waals surface area contributed by atoms with E-state index in [1.165, 1.54) is 0 Å². The Kier molecular flexibility index (Phi) is 1.98. The van der Waals surface area contributed by atoms with Crippen LogP contribution in [0, 0.1) is 17.3 Å². The predicted molar refractivity (Wildman–Crippen MR) is 45.3 cm³/mol. The SMILES string of the molecule is CC(=O)C(C)(C)C1CC1C(N)=O. The molecular formula is C9H15NO2. The van der Waals surface area contributed by atoms with Crippen LogP contribution in [0.3, 0.4) is 0 Å². The van der Waals surface area contributed by atoms with Gasteiger partial charge >= 0.3 is 0 Å². The topological polar surface area (TPSA) is 60.2 Å². The summed E-state index contributed by atoms with van der Waals surface area (Å²) < 4.78 is 0. The molecule has 1 amide bonds. The summed E-state index contributed by atoms with van der Waals surface area (Å²) in [6, 6.07) is 0. The summed E-state index contributed by atoms with van der Waals surface area (Å²) in [5, 5.41) is 0. The number of carbonyl (C=O) groups is 2. The van der Waals surface area contributed by atoms with Crippen LogP contribution in [0.25, 0.3) is 0 Å². The molecule has 0 spiro atoms. The molecule has 2 unspecified atom stereocenters. The monoisotopic (exact) mass is 169 g/mol. The molecule has 0 aromatic rings. The van der Waals surface area contributed by atoms with Gasteiger partial charge in [-0.1, -0.05) is 13.8 Å². The fourth-order valence-electron chi connectivity index (χ4n) is 1.57. The summed E-state index contributed by atoms with van der Waals surface area (Å²) >= 11 is 0. The molecule has 0 aromatic heterocycles. The Labute approximate surface area is 72.3 Å². The van der Waals surface area contributed by atoms with Gasteiger partial charge in [0.25, 0.3) is 0 Å². The number of rotatable bonds is 3. The minimum Gasteiger partial charge on any atom is -0.369 e. The van der Waals surface area contributed by atoms with E-state index < -0.39 is 0 Å². The zero-order chi connectivity index (χ0) is 9.52. The molecule has 1 saturated carbocycles. The maximum Gasteiger partial charge on any atom is 0.220 e. The molecule has 0 heterocycles. The van der Waals surface area contributed by atoms with Gasteiger partial charge in [-0.05, 0) is 19.3 Å². The molecule has 3 nitrogen and oxygen atoms in total. The average molecular weight is 169 g/mol. The third kappa shape index (κ3) is 1.36. The number of carbonyl (C=O) groups excluding carboxylic acids is 2. The standard InChI is InChI=1S/C9H15NO2/c1-5(11)9(2,3)7-4-6(7)8(10)12/h6-7H,4H2,1-3H3,(H2,10,12). The fourth-order valence-corrected chi connectivity index (χ4v) is 1.57. The lowest BCUT2D eigenvalue weighted by Gasteiger charge is -2.20. The van der Waals surface area contributed by atoms with Gasteiger partial charge in [0.2, 0.25) is 5.91 Å². The van der Waals surface area contributed by atoms with E-state index >= 15 is 0 Å². The molecule has 1 fully saturated rings. The summed E-state index contributed by atoms with van der Waals surface area (Å²) in [4.78, 5) is 21.9. The zero-order valence-electron chi connectivity index (χ0n) is 7.76. The molecule has 0 radical (unpaired) electrons. The van der Waals surface area contributed by atoms with Crippen molar-refractivity contribution >= 4 is 11.7 Å². The van der Waals surface area contributed by atoms with E-state index in [1.54, 1.807) is 6.92 Å². The summed E-state index contributed by atoms with van der Waals surface area (Å²) in [6.07, 6.45) is 0.780. The highest BCUT2D eigenvalue weighted by molar-refractivity contribution is 5.86. The zero-order valence-corrected chi connectivity index (χ0v) is 7.76. The summed E-state index contributed by atoms with van der Waals surface area (Å²) in [5.74, 6) is -0.0259. The number of primary amides is 1. The largest absolute Gasteiger partial charge is 0.369 e. The van der Waals surface area contributed by atoms with E-state index in [9.17, 15) is 9.59 Å². The predicted octanol–water partition coefficient (Wildman–Crippen LogP) is 0.723. The van der Waals surface area contributed by atoms with Crippen LogP contribution >= 0.6 is 0 Å². The van der Waals surface area contributed by atoms with Crippen molar-refractivity contribution < 1.29 is 9.59 Å². The van der Waals surface area contributed by atoms with E-state index in [-0.39, 0.29) is 28.9 Å². The van der Waals surface area contributed by atoms with Crippen LogP contribution in [-0.2, 0) is 9.59 Å². The van der Waals surface area contributed by atoms with Crippen molar-refractivity contribution in [1.82, 2.24) is 0 Å². The molecule has 1 aliphatic rings. The smallest absolute Gasteiger partial charge is 0.220 e. The van der Waals surface area contributed by atoms with Gasteiger partial charge in [0.1, 0.15) is 5.78 Å². The van der Waals surface area contributed by atoms with Gasteiger partial charge in [-0.2, -0.15) is 0 Å². The quantitative estimate of drug-likeness (QED) is 0.676. The number of nitrogens with two attached hydrogens (primary N) is 1. The molecule has 12 heavy (non-hydrogen) atoms. The van der Waals surface area contributed by atoms with Crippen molar-refractivity contribution in [3.05, 3.63) is 0 Å². The van der Waals surface area contributed by atoms with Crippen LogP contribution in [0.4, 0.5) is 0 Å². The Morgan fingerprint density at radius 2 is 1.92 bits per heavy atom. The third-order valence-corrected chi connectivity index (χ3v) is 2.99. The highest BCUT2D eigenvalue weighted by Crippen LogP contribution is 2.50. The molecule has 0 aromatic carbocycles. The number of hydrogen-bond acceptors (Lipinski definition) is 2. The lowest BCUT2D eigenvalue weighted by atomic mass is 9.82. The highest BCUT2D eigenvalue weighted by atomic mass is 16.1. The van der Waals surface area contributed by atoms with Gasteiger partial charge in [0.05, 0.1) is 0 Å². The number of amides is 1. The first kappa shape index (κ1) is 9.23. The number of Topliss-reactive ketones (excluding diaryl/α,β-unsaturated/α-hetero) is 1. The summed E-state index contributed by atoms with van der Waals surface area (Å²) in [5.41, 5.74) is 4.76. The van der Waals surface area contributed by atoms with Crippen LogP contribution in [0.15, 0.2) is 0 Å². The minimum atomic E-state index is -0.375. The van der Waals surface area contributed by atoms with Gasteiger partial charge < -0.3 is 5.73 Å². The molecule has 2 N–H and O–H groups in total. The van der Waals surface area contributed by atoms with Gasteiger partial charge in [-0.25, -0.2) is 0 Å². The number of ketones is 1. The Balaban J connectivity index is 2.64. The lowest BCUT2D eigenvalue weighted by Crippen LogP contribution is -2.27. The van der Waals surface area contributed by atoms with Gasteiger partial charge in [0.15, 0.2) is 0 Å². The molecule has 1 aliphatic carbocycles.